The molecular formula is C43H50Cl2SiZr. The first kappa shape index (κ1) is 38.0. The fraction of sp³-hybridized carbons (Fsp3) is 0.372. The van der Waals surface area contributed by atoms with Crippen molar-refractivity contribution in [2.75, 3.05) is 0 Å². The van der Waals surface area contributed by atoms with E-state index in [-0.39, 0.29) is 21.7 Å². The zero-order valence-electron chi connectivity index (χ0n) is 30.3. The molecule has 0 aromatic heterocycles. The Morgan fingerprint density at radius 1 is 0.638 bits per heavy atom. The minimum absolute atomic E-state index is 0.0717. The first-order valence-corrected chi connectivity index (χ1v) is 23.8. The van der Waals surface area contributed by atoms with Crippen molar-refractivity contribution in [2.24, 2.45) is 0 Å². The van der Waals surface area contributed by atoms with Gasteiger partial charge in [-0.25, -0.2) is 0 Å². The molecule has 0 nitrogen and oxygen atoms in total. The molecule has 0 spiro atoms. The molecule has 1 aliphatic heterocycles. The molecular weight excluding hydrogens is 707 g/mol. The molecule has 0 saturated carbocycles. The van der Waals surface area contributed by atoms with Crippen LogP contribution in [0.3, 0.4) is 0 Å². The summed E-state index contributed by atoms with van der Waals surface area (Å²) in [5, 5.41) is 5.57. The van der Waals surface area contributed by atoms with Crippen molar-refractivity contribution < 1.29 is 20.8 Å². The number of hydrogen-bond donors (Lipinski definition) is 0. The van der Waals surface area contributed by atoms with E-state index in [1.54, 1.807) is 0 Å². The van der Waals surface area contributed by atoms with Gasteiger partial charge in [-0.05, 0) is 38.4 Å². The smallest absolute Gasteiger partial charge is 0.0920 e. The summed E-state index contributed by atoms with van der Waals surface area (Å²) in [4.78, 5) is 0. The molecule has 5 aromatic rings. The number of fused-ring (bicyclic) bond motifs is 4. The first-order chi connectivity index (χ1) is 21.8. The molecule has 0 amide bonds. The largest absolute Gasteiger partial charge is 0.184 e. The minimum Gasteiger partial charge on any atom is -0.184 e. The van der Waals surface area contributed by atoms with Gasteiger partial charge in [-0.2, -0.15) is 35.5 Å². The van der Waals surface area contributed by atoms with Crippen LogP contribution < -0.4 is 10.4 Å². The van der Waals surface area contributed by atoms with Gasteiger partial charge in [-0.3, -0.25) is 0 Å². The molecule has 47 heavy (non-hydrogen) atoms. The molecule has 0 fully saturated rings. The summed E-state index contributed by atoms with van der Waals surface area (Å²) in [5.41, 5.74) is 11.6. The Bertz CT molecular complexity index is 1760. The van der Waals surface area contributed by atoms with Crippen molar-refractivity contribution in [1.29, 1.82) is 0 Å². The summed E-state index contributed by atoms with van der Waals surface area (Å²) >= 11 is -0.826. The summed E-state index contributed by atoms with van der Waals surface area (Å²) in [5.74, 6) is 0. The Balaban J connectivity index is 0.000000255. The molecule has 0 aliphatic carbocycles. The maximum Gasteiger partial charge on any atom is 0.0920 e. The van der Waals surface area contributed by atoms with Gasteiger partial charge >= 0.3 is 37.9 Å². The molecule has 0 bridgehead atoms. The standard InChI is InChI=1S/C31H43.C12H7Si.2ClH.Zr/c1-28(2,3)22-16-21(17-23(18-22)29(4,5)6)27-25-19-24(30(7,8)9)15-20(25)13-14-26(27)31(10,11)12;1-3-7-11-9(5-1)10-6-2-4-8-12(10)13-11;;;/h13-19H,1-12H3;1-7H;2*1H;/q2*-1;;;+4/p-2. The van der Waals surface area contributed by atoms with Crippen LogP contribution in [-0.2, 0) is 42.5 Å². The molecule has 2 radical (unpaired) electrons. The third-order valence-corrected chi connectivity index (χ3v) is 10.2. The van der Waals surface area contributed by atoms with Gasteiger partial charge in [0.05, 0.1) is 9.52 Å². The van der Waals surface area contributed by atoms with Gasteiger partial charge in [0.2, 0.25) is 0 Å². The van der Waals surface area contributed by atoms with Gasteiger partial charge in [0.15, 0.2) is 0 Å². The topological polar surface area (TPSA) is 0 Å². The zero-order chi connectivity index (χ0) is 34.9. The summed E-state index contributed by atoms with van der Waals surface area (Å²) in [6.45, 7) is 27.9. The molecule has 1 aliphatic rings. The normalized spacial score (nSPS) is 12.7. The molecule has 244 valence electrons. The van der Waals surface area contributed by atoms with Crippen LogP contribution in [0.5, 0.6) is 0 Å². The molecule has 4 heteroatoms. The Morgan fingerprint density at radius 3 is 1.77 bits per heavy atom. The summed E-state index contributed by atoms with van der Waals surface area (Å²) in [6.07, 6.45) is 0. The minimum atomic E-state index is -0.826. The second-order valence-corrected chi connectivity index (χ2v) is 21.8. The van der Waals surface area contributed by atoms with E-state index in [0.29, 0.717) is 0 Å². The molecule has 6 rings (SSSR count). The Hall–Kier alpha value is -1.83. The molecule has 0 saturated heterocycles. The van der Waals surface area contributed by atoms with Gasteiger partial charge in [0.25, 0.3) is 0 Å². The van der Waals surface area contributed by atoms with Gasteiger partial charge in [-0.15, -0.1) is 40.1 Å². The van der Waals surface area contributed by atoms with Crippen molar-refractivity contribution in [3.05, 3.63) is 113 Å². The van der Waals surface area contributed by atoms with Crippen LogP contribution in [0.25, 0.3) is 33.0 Å². The Kier molecular flexibility index (Phi) is 11.8. The average molecular weight is 757 g/mol. The van der Waals surface area contributed by atoms with E-state index in [9.17, 15) is 0 Å². The molecule has 0 unspecified atom stereocenters. The van der Waals surface area contributed by atoms with Crippen molar-refractivity contribution in [1.82, 2.24) is 0 Å². The number of hydrogen-bond acceptors (Lipinski definition) is 0. The van der Waals surface area contributed by atoms with Crippen molar-refractivity contribution in [2.45, 2.75) is 105 Å². The monoisotopic (exact) mass is 754 g/mol. The fourth-order valence-electron chi connectivity index (χ4n) is 6.02. The average Bonchev–Trinajstić information content (AvgIpc) is 3.58. The van der Waals surface area contributed by atoms with Gasteiger partial charge in [-0.1, -0.05) is 147 Å². The predicted molar refractivity (Wildman–Crippen MR) is 207 cm³/mol. The fourth-order valence-corrected chi connectivity index (χ4v) is 7.32. The quantitative estimate of drug-likeness (QED) is 0.116. The molecule has 1 heterocycles. The second-order valence-electron chi connectivity index (χ2n) is 16.7. The summed E-state index contributed by atoms with van der Waals surface area (Å²) in [7, 11) is 10.7. The van der Waals surface area contributed by atoms with Crippen molar-refractivity contribution >= 4 is 47.7 Å². The van der Waals surface area contributed by atoms with E-state index in [1.807, 2.05) is 6.07 Å². The van der Waals surface area contributed by atoms with Crippen LogP contribution in [-0.4, -0.2) is 9.52 Å². The van der Waals surface area contributed by atoms with E-state index in [0.717, 1.165) is 9.52 Å². The predicted octanol–water partition coefficient (Wildman–Crippen LogP) is 11.9. The number of benzene rings is 4. The molecule has 0 atom stereocenters. The SMILES string of the molecule is CC(C)(C)c1cc(-c2c(C(C)(C)C)ccc3[cH-]c(C(C)(C)C)cc23)cc(C(C)(C)C)c1.[Cl][Zr+2][Cl].[c-]1cccc2c1[Si]c1ccccc1-2. The van der Waals surface area contributed by atoms with Crippen LogP contribution >= 0.6 is 17.0 Å². The van der Waals surface area contributed by atoms with Gasteiger partial charge in [0.1, 0.15) is 0 Å². The van der Waals surface area contributed by atoms with Gasteiger partial charge < -0.3 is 0 Å². The molecule has 0 N–H and O–H groups in total. The van der Waals surface area contributed by atoms with E-state index in [2.05, 4.69) is 168 Å². The van der Waals surface area contributed by atoms with Crippen LogP contribution in [0.2, 0.25) is 0 Å². The zero-order valence-corrected chi connectivity index (χ0v) is 35.3. The third-order valence-electron chi connectivity index (χ3n) is 8.85. The second kappa shape index (κ2) is 14.6. The Labute approximate surface area is 306 Å². The van der Waals surface area contributed by atoms with Gasteiger partial charge in [0, 0.05) is 0 Å². The number of halogens is 2. The first-order valence-electron chi connectivity index (χ1n) is 16.5. The van der Waals surface area contributed by atoms with Crippen molar-refractivity contribution in [3.8, 4) is 22.3 Å². The molecule has 5 aromatic carbocycles. The van der Waals surface area contributed by atoms with E-state index >= 15 is 0 Å². The van der Waals surface area contributed by atoms with Crippen molar-refractivity contribution in [3.63, 3.8) is 0 Å². The van der Waals surface area contributed by atoms with E-state index in [1.165, 1.54) is 65.7 Å². The Morgan fingerprint density at radius 2 is 1.21 bits per heavy atom. The maximum absolute atomic E-state index is 4.93. The van der Waals surface area contributed by atoms with E-state index < -0.39 is 20.8 Å². The van der Waals surface area contributed by atoms with E-state index in [4.69, 9.17) is 17.0 Å². The number of rotatable bonds is 1. The van der Waals surface area contributed by atoms with Crippen LogP contribution in [0.4, 0.5) is 0 Å². The third kappa shape index (κ3) is 9.05. The van der Waals surface area contributed by atoms with Crippen LogP contribution in [0.1, 0.15) is 105 Å². The summed E-state index contributed by atoms with van der Waals surface area (Å²) < 4.78 is 0. The van der Waals surface area contributed by atoms with Crippen LogP contribution in [0.15, 0.2) is 84.9 Å². The summed E-state index contributed by atoms with van der Waals surface area (Å²) in [6, 6.07) is 35.0. The van der Waals surface area contributed by atoms with Crippen LogP contribution in [0, 0.1) is 6.07 Å². The maximum atomic E-state index is 4.93.